The van der Waals surface area contributed by atoms with Gasteiger partial charge in [0.05, 0.1) is 0 Å². The molecule has 2 atom stereocenters. The number of nitrogens with two attached hydrogens (primary N) is 1. The quantitative estimate of drug-likeness (QED) is 0.609. The van der Waals surface area contributed by atoms with Crippen LogP contribution in [-0.4, -0.2) is 17.8 Å². The van der Waals surface area contributed by atoms with Crippen LogP contribution in [0.25, 0.3) is 0 Å². The molecule has 2 heteroatoms. The van der Waals surface area contributed by atoms with Crippen molar-refractivity contribution in [2.45, 2.75) is 32.2 Å². The number of rotatable bonds is 4. The molecule has 0 amide bonds. The van der Waals surface area contributed by atoms with E-state index in [1.54, 1.807) is 0 Å². The van der Waals surface area contributed by atoms with E-state index in [9.17, 15) is 0 Å². The van der Waals surface area contributed by atoms with Gasteiger partial charge in [-0.05, 0) is 38.0 Å². The van der Waals surface area contributed by atoms with Crippen molar-refractivity contribution in [3.05, 3.63) is 0 Å². The van der Waals surface area contributed by atoms with E-state index < -0.39 is 0 Å². The van der Waals surface area contributed by atoms with Gasteiger partial charge in [-0.25, -0.2) is 0 Å². The summed E-state index contributed by atoms with van der Waals surface area (Å²) in [5.41, 5.74) is 5.75. The lowest BCUT2D eigenvalue weighted by Crippen LogP contribution is -2.28. The van der Waals surface area contributed by atoms with E-state index in [0.29, 0.717) is 12.5 Å². The highest BCUT2D eigenvalue weighted by Gasteiger charge is 2.32. The standard InChI is InChI=1S/C8H17NO/c1-6(9)8(4-5-10)7-2-3-7/h6-8,10H,2-5,9H2,1H3. The van der Waals surface area contributed by atoms with Crippen LogP contribution in [0.15, 0.2) is 0 Å². The number of aliphatic hydroxyl groups is 1. The molecule has 1 aliphatic carbocycles. The molecule has 2 nitrogen and oxygen atoms in total. The van der Waals surface area contributed by atoms with Crippen LogP contribution >= 0.6 is 0 Å². The van der Waals surface area contributed by atoms with Crippen LogP contribution in [0.3, 0.4) is 0 Å². The molecule has 0 aromatic rings. The molecule has 10 heavy (non-hydrogen) atoms. The Morgan fingerprint density at radius 1 is 1.60 bits per heavy atom. The third kappa shape index (κ3) is 1.96. The Morgan fingerprint density at radius 2 is 2.20 bits per heavy atom. The average Bonchev–Trinajstić information content (AvgIpc) is 2.63. The monoisotopic (exact) mass is 143 g/mol. The maximum atomic E-state index is 8.71. The number of hydrogen-bond acceptors (Lipinski definition) is 2. The van der Waals surface area contributed by atoms with Gasteiger partial charge in [0.2, 0.25) is 0 Å². The Labute approximate surface area is 62.4 Å². The molecule has 3 N–H and O–H groups in total. The second kappa shape index (κ2) is 3.35. The van der Waals surface area contributed by atoms with Crippen molar-refractivity contribution < 1.29 is 5.11 Å². The second-order valence-electron chi connectivity index (χ2n) is 3.37. The first-order chi connectivity index (χ1) is 4.75. The summed E-state index contributed by atoms with van der Waals surface area (Å²) < 4.78 is 0. The fourth-order valence-corrected chi connectivity index (χ4v) is 1.60. The van der Waals surface area contributed by atoms with E-state index in [-0.39, 0.29) is 6.04 Å². The van der Waals surface area contributed by atoms with Gasteiger partial charge in [-0.3, -0.25) is 0 Å². The van der Waals surface area contributed by atoms with Crippen LogP contribution in [-0.2, 0) is 0 Å². The molecule has 1 rings (SSSR count). The number of hydrogen-bond donors (Lipinski definition) is 2. The van der Waals surface area contributed by atoms with E-state index in [0.717, 1.165) is 12.3 Å². The Kier molecular flexibility index (Phi) is 2.69. The minimum absolute atomic E-state index is 0.264. The van der Waals surface area contributed by atoms with E-state index in [2.05, 4.69) is 0 Å². The van der Waals surface area contributed by atoms with Crippen LogP contribution in [0.1, 0.15) is 26.2 Å². The maximum Gasteiger partial charge on any atom is 0.0434 e. The SMILES string of the molecule is CC(N)C(CCO)C1CC1. The Hall–Kier alpha value is -0.0800. The fraction of sp³-hybridized carbons (Fsp3) is 1.00. The van der Waals surface area contributed by atoms with Gasteiger partial charge in [0, 0.05) is 12.6 Å². The minimum atomic E-state index is 0.264. The zero-order valence-electron chi connectivity index (χ0n) is 6.59. The summed E-state index contributed by atoms with van der Waals surface area (Å²) in [7, 11) is 0. The van der Waals surface area contributed by atoms with Gasteiger partial charge in [-0.15, -0.1) is 0 Å². The Balaban J connectivity index is 2.26. The molecular formula is C8H17NO. The van der Waals surface area contributed by atoms with Crippen molar-refractivity contribution in [2.75, 3.05) is 6.61 Å². The van der Waals surface area contributed by atoms with E-state index in [4.69, 9.17) is 10.8 Å². The molecule has 0 aromatic heterocycles. The van der Waals surface area contributed by atoms with Crippen molar-refractivity contribution in [1.82, 2.24) is 0 Å². The molecule has 0 spiro atoms. The third-order valence-corrected chi connectivity index (χ3v) is 2.37. The van der Waals surface area contributed by atoms with Crippen molar-refractivity contribution in [3.63, 3.8) is 0 Å². The molecule has 1 saturated carbocycles. The molecule has 0 radical (unpaired) electrons. The van der Waals surface area contributed by atoms with Crippen LogP contribution in [0, 0.1) is 11.8 Å². The summed E-state index contributed by atoms with van der Waals surface area (Å²) in [6.45, 7) is 2.33. The summed E-state index contributed by atoms with van der Waals surface area (Å²) in [5, 5.41) is 8.71. The second-order valence-corrected chi connectivity index (χ2v) is 3.37. The first-order valence-electron chi connectivity index (χ1n) is 4.12. The molecule has 0 heterocycles. The third-order valence-electron chi connectivity index (χ3n) is 2.37. The summed E-state index contributed by atoms with van der Waals surface area (Å²) in [6, 6.07) is 0.264. The largest absolute Gasteiger partial charge is 0.396 e. The topological polar surface area (TPSA) is 46.2 Å². The van der Waals surface area contributed by atoms with E-state index >= 15 is 0 Å². The first kappa shape index (κ1) is 8.02. The van der Waals surface area contributed by atoms with Crippen LogP contribution in [0.5, 0.6) is 0 Å². The van der Waals surface area contributed by atoms with Crippen molar-refractivity contribution in [1.29, 1.82) is 0 Å². The van der Waals surface area contributed by atoms with Crippen LogP contribution in [0.2, 0.25) is 0 Å². The molecule has 1 aliphatic rings. The summed E-state index contributed by atoms with van der Waals surface area (Å²) >= 11 is 0. The molecular weight excluding hydrogens is 126 g/mol. The lowest BCUT2D eigenvalue weighted by atomic mass is 9.93. The lowest BCUT2D eigenvalue weighted by molar-refractivity contribution is 0.232. The normalized spacial score (nSPS) is 24.3. The highest BCUT2D eigenvalue weighted by molar-refractivity contribution is 4.85. The van der Waals surface area contributed by atoms with Gasteiger partial charge >= 0.3 is 0 Å². The van der Waals surface area contributed by atoms with Gasteiger partial charge in [0.15, 0.2) is 0 Å². The molecule has 0 saturated heterocycles. The van der Waals surface area contributed by atoms with E-state index in [1.165, 1.54) is 12.8 Å². The van der Waals surface area contributed by atoms with E-state index in [1.807, 2.05) is 6.92 Å². The minimum Gasteiger partial charge on any atom is -0.396 e. The molecule has 0 aliphatic heterocycles. The average molecular weight is 143 g/mol. The smallest absolute Gasteiger partial charge is 0.0434 e. The summed E-state index contributed by atoms with van der Waals surface area (Å²) in [6.07, 6.45) is 3.54. The lowest BCUT2D eigenvalue weighted by Gasteiger charge is -2.18. The fourth-order valence-electron chi connectivity index (χ4n) is 1.60. The zero-order valence-corrected chi connectivity index (χ0v) is 6.59. The highest BCUT2D eigenvalue weighted by Crippen LogP contribution is 2.39. The number of aliphatic hydroxyl groups excluding tert-OH is 1. The zero-order chi connectivity index (χ0) is 7.56. The highest BCUT2D eigenvalue weighted by atomic mass is 16.3. The summed E-state index contributed by atoms with van der Waals surface area (Å²) in [4.78, 5) is 0. The van der Waals surface area contributed by atoms with Crippen LogP contribution in [0.4, 0.5) is 0 Å². The van der Waals surface area contributed by atoms with Gasteiger partial charge in [0.1, 0.15) is 0 Å². The molecule has 2 unspecified atom stereocenters. The van der Waals surface area contributed by atoms with Crippen molar-refractivity contribution >= 4 is 0 Å². The van der Waals surface area contributed by atoms with Gasteiger partial charge in [0.25, 0.3) is 0 Å². The summed E-state index contributed by atoms with van der Waals surface area (Å²) in [5.74, 6) is 1.40. The van der Waals surface area contributed by atoms with Gasteiger partial charge < -0.3 is 10.8 Å². The van der Waals surface area contributed by atoms with Crippen molar-refractivity contribution in [3.8, 4) is 0 Å². The Morgan fingerprint density at radius 3 is 2.50 bits per heavy atom. The maximum absolute atomic E-state index is 8.71. The predicted molar refractivity (Wildman–Crippen MR) is 41.6 cm³/mol. The molecule has 1 fully saturated rings. The van der Waals surface area contributed by atoms with Crippen LogP contribution < -0.4 is 5.73 Å². The predicted octanol–water partition coefficient (Wildman–Crippen LogP) is 0.742. The molecule has 0 aromatic carbocycles. The first-order valence-corrected chi connectivity index (χ1v) is 4.12. The Bertz CT molecular complexity index is 97.4. The molecule has 0 bridgehead atoms. The van der Waals surface area contributed by atoms with Crippen molar-refractivity contribution in [2.24, 2.45) is 17.6 Å². The van der Waals surface area contributed by atoms with Gasteiger partial charge in [-0.2, -0.15) is 0 Å². The van der Waals surface area contributed by atoms with Gasteiger partial charge in [-0.1, -0.05) is 0 Å². The molecule has 60 valence electrons.